The van der Waals surface area contributed by atoms with Crippen LogP contribution in [0.4, 0.5) is 0 Å². The average Bonchev–Trinajstić information content (AvgIpc) is 2.94. The maximum absolute atomic E-state index is 1.33. The van der Waals surface area contributed by atoms with E-state index in [9.17, 15) is 0 Å². The highest BCUT2D eigenvalue weighted by Crippen LogP contribution is 3.01. The second-order valence-electron chi connectivity index (χ2n) is 8.08. The topological polar surface area (TPSA) is 0 Å². The monoisotopic (exact) mass is 182 g/mol. The smallest absolute Gasteiger partial charge is 0.0312 e. The lowest BCUT2D eigenvalue weighted by Gasteiger charge is -2.21. The summed E-state index contributed by atoms with van der Waals surface area (Å²) in [5.74, 6) is 18.7. The van der Waals surface area contributed by atoms with Crippen molar-refractivity contribution in [2.75, 3.05) is 0 Å². The molecule has 0 aliphatic heterocycles. The van der Waals surface area contributed by atoms with Crippen LogP contribution in [0.3, 0.4) is 0 Å². The summed E-state index contributed by atoms with van der Waals surface area (Å²) in [5, 5.41) is 0. The fourth-order valence-electron chi connectivity index (χ4n) is 8.95. The van der Waals surface area contributed by atoms with E-state index in [4.69, 9.17) is 0 Å². The highest BCUT2D eigenvalue weighted by Gasteiger charge is 2.98. The van der Waals surface area contributed by atoms with Crippen molar-refractivity contribution in [3.8, 4) is 0 Å². The molecule has 14 heavy (non-hydrogen) atoms. The fraction of sp³-hybridized carbons (Fsp3) is 1.00. The number of hydrogen-bond acceptors (Lipinski definition) is 0. The Morgan fingerprint density at radius 3 is 0.286 bits per heavy atom. The molecular weight excluding hydrogens is 168 g/mol. The standard InChI is InChI=1S/C14H14/c1-2-4-3(1)10(4)13(9(1)2)14-11-5-6(11)8-7(5)12(8)14/h1-14H. The van der Waals surface area contributed by atoms with Crippen LogP contribution in [0.25, 0.3) is 0 Å². The van der Waals surface area contributed by atoms with Crippen molar-refractivity contribution in [3.63, 3.8) is 0 Å². The molecule has 0 aromatic carbocycles. The Morgan fingerprint density at radius 1 is 0.143 bits per heavy atom. The molecule has 0 atom stereocenters. The molecule has 0 radical (unpaired) electrons. The minimum Gasteiger partial charge on any atom is -0.0312 e. The summed E-state index contributed by atoms with van der Waals surface area (Å²) in [6.07, 6.45) is 0. The Bertz CT molecular complexity index is 323. The Labute approximate surface area is 83.4 Å². The van der Waals surface area contributed by atoms with E-state index in [1.165, 1.54) is 82.9 Å². The van der Waals surface area contributed by atoms with E-state index in [-0.39, 0.29) is 0 Å². The van der Waals surface area contributed by atoms with Crippen molar-refractivity contribution in [1.29, 1.82) is 0 Å². The van der Waals surface area contributed by atoms with Crippen molar-refractivity contribution in [2.45, 2.75) is 0 Å². The third-order valence-corrected chi connectivity index (χ3v) is 8.77. The zero-order valence-electron chi connectivity index (χ0n) is 8.08. The van der Waals surface area contributed by atoms with Gasteiger partial charge in [0.15, 0.2) is 0 Å². The lowest BCUT2D eigenvalue weighted by atomic mass is 9.83. The van der Waals surface area contributed by atoms with Crippen LogP contribution in [0.1, 0.15) is 0 Å². The molecule has 4 bridgehead atoms. The quantitative estimate of drug-likeness (QED) is 0.579. The predicted molar refractivity (Wildman–Crippen MR) is 48.9 cm³/mol. The van der Waals surface area contributed by atoms with Gasteiger partial charge in [-0.05, 0) is 82.9 Å². The normalized spacial score (nSPS) is 108. The van der Waals surface area contributed by atoms with E-state index < -0.39 is 0 Å². The highest BCUT2D eigenvalue weighted by atomic mass is 15.0. The van der Waals surface area contributed by atoms with Gasteiger partial charge in [-0.25, -0.2) is 0 Å². The molecule has 0 saturated heterocycles. The summed E-state index contributed by atoms with van der Waals surface area (Å²) in [6, 6.07) is 0. The van der Waals surface area contributed by atoms with Gasteiger partial charge in [-0.3, -0.25) is 0 Å². The fourth-order valence-corrected chi connectivity index (χ4v) is 8.95. The molecule has 10 rings (SSSR count). The van der Waals surface area contributed by atoms with Gasteiger partial charge in [-0.15, -0.1) is 0 Å². The first kappa shape index (κ1) is 5.37. The van der Waals surface area contributed by atoms with E-state index in [0.29, 0.717) is 0 Å². The minimum atomic E-state index is 1.33. The number of rotatable bonds is 1. The SMILES string of the molecule is C12C3C4C1C4C(C1C4C5C4C4C5C41)C23. The molecule has 0 heteroatoms. The molecule has 0 aromatic heterocycles. The Morgan fingerprint density at radius 2 is 0.214 bits per heavy atom. The molecule has 0 unspecified atom stereocenters. The molecule has 0 aromatic rings. The van der Waals surface area contributed by atoms with Gasteiger partial charge < -0.3 is 0 Å². The van der Waals surface area contributed by atoms with Crippen LogP contribution in [-0.2, 0) is 0 Å². The van der Waals surface area contributed by atoms with Crippen LogP contribution in [0.5, 0.6) is 0 Å². The average molecular weight is 182 g/mol. The number of hydrogen-bond donors (Lipinski definition) is 0. The third kappa shape index (κ3) is 0.251. The zero-order chi connectivity index (χ0) is 8.08. The summed E-state index contributed by atoms with van der Waals surface area (Å²) in [6.45, 7) is 0. The van der Waals surface area contributed by atoms with E-state index in [1.54, 1.807) is 0 Å². The van der Waals surface area contributed by atoms with Gasteiger partial charge in [0.1, 0.15) is 0 Å². The van der Waals surface area contributed by atoms with Crippen molar-refractivity contribution < 1.29 is 0 Å². The summed E-state index contributed by atoms with van der Waals surface area (Å²) < 4.78 is 0. The van der Waals surface area contributed by atoms with Gasteiger partial charge in [-0.2, -0.15) is 0 Å². The van der Waals surface area contributed by atoms with Gasteiger partial charge in [-0.1, -0.05) is 0 Å². The molecule has 10 saturated carbocycles. The van der Waals surface area contributed by atoms with E-state index in [1.807, 2.05) is 0 Å². The van der Waals surface area contributed by atoms with Crippen molar-refractivity contribution >= 4 is 0 Å². The largest absolute Gasteiger partial charge is 0.0312 e. The summed E-state index contributed by atoms with van der Waals surface area (Å²) in [4.78, 5) is 0. The molecule has 0 amide bonds. The van der Waals surface area contributed by atoms with Gasteiger partial charge in [0.25, 0.3) is 0 Å². The molecule has 0 heterocycles. The first-order valence-corrected chi connectivity index (χ1v) is 7.00. The second kappa shape index (κ2) is 1.06. The first-order valence-electron chi connectivity index (χ1n) is 7.00. The maximum Gasteiger partial charge on any atom is -0.0312 e. The minimum absolute atomic E-state index is 1.33. The lowest BCUT2D eigenvalue weighted by molar-refractivity contribution is 0.257. The van der Waals surface area contributed by atoms with E-state index >= 15 is 0 Å². The van der Waals surface area contributed by atoms with E-state index in [0.717, 1.165) is 0 Å². The molecule has 0 spiro atoms. The summed E-state index contributed by atoms with van der Waals surface area (Å²) in [7, 11) is 0. The summed E-state index contributed by atoms with van der Waals surface area (Å²) >= 11 is 0. The second-order valence-corrected chi connectivity index (χ2v) is 8.08. The van der Waals surface area contributed by atoms with E-state index in [2.05, 4.69) is 0 Å². The molecule has 0 N–H and O–H groups in total. The van der Waals surface area contributed by atoms with Crippen LogP contribution >= 0.6 is 0 Å². The summed E-state index contributed by atoms with van der Waals surface area (Å²) in [5.41, 5.74) is 0. The molecular formula is C14H14. The zero-order valence-corrected chi connectivity index (χ0v) is 8.08. The predicted octanol–water partition coefficient (Wildman–Crippen LogP) is 1.72. The van der Waals surface area contributed by atoms with Crippen molar-refractivity contribution in [3.05, 3.63) is 0 Å². The third-order valence-electron chi connectivity index (χ3n) is 8.77. The first-order chi connectivity index (χ1) is 7.00. The van der Waals surface area contributed by atoms with Gasteiger partial charge in [0, 0.05) is 0 Å². The van der Waals surface area contributed by atoms with Gasteiger partial charge >= 0.3 is 0 Å². The van der Waals surface area contributed by atoms with Crippen LogP contribution in [-0.4, -0.2) is 0 Å². The Balaban J connectivity index is 1.38. The highest BCUT2D eigenvalue weighted by molar-refractivity contribution is 5.44. The number of fused-ring (bicyclic) bond motifs is 1. The van der Waals surface area contributed by atoms with Crippen molar-refractivity contribution in [1.82, 2.24) is 0 Å². The Kier molecular flexibility index (Phi) is 0.407. The van der Waals surface area contributed by atoms with Gasteiger partial charge in [0.05, 0.1) is 0 Å². The van der Waals surface area contributed by atoms with Gasteiger partial charge in [0.2, 0.25) is 0 Å². The molecule has 70 valence electrons. The van der Waals surface area contributed by atoms with Crippen LogP contribution in [0.2, 0.25) is 0 Å². The van der Waals surface area contributed by atoms with Crippen molar-refractivity contribution in [2.24, 2.45) is 82.9 Å². The maximum atomic E-state index is 1.33. The molecule has 10 aliphatic rings. The Hall–Kier alpha value is 0. The lowest BCUT2D eigenvalue weighted by Crippen LogP contribution is -2.18. The van der Waals surface area contributed by atoms with Crippen LogP contribution in [0.15, 0.2) is 0 Å². The van der Waals surface area contributed by atoms with Crippen LogP contribution in [0, 0.1) is 82.9 Å². The van der Waals surface area contributed by atoms with Crippen LogP contribution < -0.4 is 0 Å². The molecule has 10 fully saturated rings. The molecule has 0 nitrogen and oxygen atoms in total. The molecule has 10 aliphatic carbocycles.